The van der Waals surface area contributed by atoms with E-state index in [1.54, 1.807) is 11.9 Å². The van der Waals surface area contributed by atoms with E-state index in [1.807, 2.05) is 54.3 Å². The second-order valence-corrected chi connectivity index (χ2v) is 8.44. The van der Waals surface area contributed by atoms with Crippen LogP contribution in [0, 0.1) is 6.92 Å². The van der Waals surface area contributed by atoms with Gasteiger partial charge in [0.2, 0.25) is 5.91 Å². The Bertz CT molecular complexity index is 1130. The molecule has 1 heterocycles. The van der Waals surface area contributed by atoms with Crippen molar-refractivity contribution >= 4 is 17.5 Å². The molecule has 0 spiro atoms. The zero-order chi connectivity index (χ0) is 23.4. The van der Waals surface area contributed by atoms with Gasteiger partial charge in [-0.05, 0) is 54.3 Å². The molecule has 1 aliphatic heterocycles. The molecule has 0 aromatic heterocycles. The fraction of sp³-hybridized carbons (Fsp3) is 0.286. The van der Waals surface area contributed by atoms with Crippen molar-refractivity contribution in [1.29, 1.82) is 0 Å². The van der Waals surface area contributed by atoms with Gasteiger partial charge in [-0.2, -0.15) is 0 Å². The first-order valence-corrected chi connectivity index (χ1v) is 11.4. The van der Waals surface area contributed by atoms with Crippen molar-refractivity contribution < 1.29 is 14.3 Å². The largest absolute Gasteiger partial charge is 0.484 e. The van der Waals surface area contributed by atoms with Gasteiger partial charge in [0, 0.05) is 25.7 Å². The van der Waals surface area contributed by atoms with Gasteiger partial charge in [0.15, 0.2) is 6.61 Å². The molecule has 1 atom stereocenters. The highest BCUT2D eigenvalue weighted by Crippen LogP contribution is 2.37. The molecule has 4 rings (SSSR count). The van der Waals surface area contributed by atoms with Gasteiger partial charge in [-0.15, -0.1) is 0 Å². The topological polar surface area (TPSA) is 49.9 Å². The third-order valence-electron chi connectivity index (χ3n) is 6.24. The smallest absolute Gasteiger partial charge is 0.264 e. The number of anilines is 1. The molecule has 1 aliphatic rings. The van der Waals surface area contributed by atoms with Gasteiger partial charge < -0.3 is 14.5 Å². The number of fused-ring (bicyclic) bond motifs is 1. The van der Waals surface area contributed by atoms with E-state index in [0.29, 0.717) is 18.7 Å². The van der Waals surface area contributed by atoms with E-state index in [1.165, 1.54) is 11.1 Å². The van der Waals surface area contributed by atoms with Gasteiger partial charge in [-0.25, -0.2) is 0 Å². The Hall–Kier alpha value is -3.60. The number of carbonyl (C=O) groups excluding carboxylic acids is 2. The summed E-state index contributed by atoms with van der Waals surface area (Å²) < 4.78 is 5.91. The van der Waals surface area contributed by atoms with Crippen LogP contribution in [0.25, 0.3) is 0 Å². The number of aryl methyl sites for hydroxylation is 1. The Morgan fingerprint density at radius 2 is 1.76 bits per heavy atom. The first-order chi connectivity index (χ1) is 16.0. The zero-order valence-corrected chi connectivity index (χ0v) is 19.5. The van der Waals surface area contributed by atoms with E-state index >= 15 is 0 Å². The fourth-order valence-electron chi connectivity index (χ4n) is 4.30. The van der Waals surface area contributed by atoms with Crippen LogP contribution in [0.3, 0.4) is 0 Å². The molecule has 0 aliphatic carbocycles. The third-order valence-corrected chi connectivity index (χ3v) is 6.24. The van der Waals surface area contributed by atoms with Crippen molar-refractivity contribution in [2.75, 3.05) is 25.1 Å². The van der Waals surface area contributed by atoms with Crippen LogP contribution in [-0.4, -0.2) is 36.9 Å². The minimum atomic E-state index is -0.159. The highest BCUT2D eigenvalue weighted by atomic mass is 16.5. The highest BCUT2D eigenvalue weighted by molar-refractivity contribution is 5.93. The van der Waals surface area contributed by atoms with Gasteiger partial charge >= 0.3 is 0 Å². The molecule has 0 bridgehead atoms. The summed E-state index contributed by atoms with van der Waals surface area (Å²) in [5.41, 5.74) is 5.36. The number of para-hydroxylation sites is 1. The average molecular weight is 443 g/mol. The summed E-state index contributed by atoms with van der Waals surface area (Å²) >= 11 is 0. The van der Waals surface area contributed by atoms with Crippen molar-refractivity contribution in [3.8, 4) is 5.75 Å². The first-order valence-electron chi connectivity index (χ1n) is 11.4. The van der Waals surface area contributed by atoms with E-state index in [0.717, 1.165) is 23.2 Å². The molecule has 2 amide bonds. The number of carbonyl (C=O) groups is 2. The maximum atomic E-state index is 12.8. The van der Waals surface area contributed by atoms with Crippen LogP contribution >= 0.6 is 0 Å². The molecule has 1 unspecified atom stereocenters. The summed E-state index contributed by atoms with van der Waals surface area (Å²) in [6, 6.07) is 23.7. The van der Waals surface area contributed by atoms with Crippen molar-refractivity contribution in [2.24, 2.45) is 0 Å². The number of rotatable bonds is 6. The number of hydrogen-bond donors (Lipinski definition) is 0. The molecular weight excluding hydrogens is 412 g/mol. The number of hydrogen-bond acceptors (Lipinski definition) is 3. The van der Waals surface area contributed by atoms with Crippen LogP contribution in [0.1, 0.15) is 41.6 Å². The Labute approximate surface area is 195 Å². The lowest BCUT2D eigenvalue weighted by Crippen LogP contribution is -2.40. The lowest BCUT2D eigenvalue weighted by atomic mass is 9.87. The van der Waals surface area contributed by atoms with Crippen molar-refractivity contribution in [3.63, 3.8) is 0 Å². The van der Waals surface area contributed by atoms with Crippen LogP contribution in [0.2, 0.25) is 0 Å². The molecule has 5 nitrogen and oxygen atoms in total. The van der Waals surface area contributed by atoms with Crippen LogP contribution < -0.4 is 9.64 Å². The summed E-state index contributed by atoms with van der Waals surface area (Å²) in [5.74, 6) is 0.639. The molecule has 170 valence electrons. The number of likely N-dealkylation sites (N-methyl/N-ethyl adjacent to an activating group) is 1. The summed E-state index contributed by atoms with van der Waals surface area (Å²) in [6.45, 7) is 4.59. The van der Waals surface area contributed by atoms with E-state index in [-0.39, 0.29) is 24.5 Å². The zero-order valence-electron chi connectivity index (χ0n) is 19.5. The summed E-state index contributed by atoms with van der Waals surface area (Å²) in [5, 5.41) is 0. The van der Waals surface area contributed by atoms with Crippen molar-refractivity contribution in [3.05, 3.63) is 95.1 Å². The number of benzene rings is 3. The minimum Gasteiger partial charge on any atom is -0.484 e. The number of ether oxygens (including phenoxy) is 1. The molecule has 33 heavy (non-hydrogen) atoms. The number of nitrogens with zero attached hydrogens (tertiary/aromatic N) is 2. The van der Waals surface area contributed by atoms with Gasteiger partial charge in [0.25, 0.3) is 5.91 Å². The summed E-state index contributed by atoms with van der Waals surface area (Å²) in [6.07, 6.45) is 1.27. The van der Waals surface area contributed by atoms with Gasteiger partial charge in [0.1, 0.15) is 5.75 Å². The molecule has 0 fully saturated rings. The molecule has 3 aromatic carbocycles. The molecule has 0 radical (unpaired) electrons. The normalized spacial score (nSPS) is 15.0. The van der Waals surface area contributed by atoms with Crippen molar-refractivity contribution in [1.82, 2.24) is 4.90 Å². The van der Waals surface area contributed by atoms with E-state index < -0.39 is 0 Å². The van der Waals surface area contributed by atoms with Crippen molar-refractivity contribution in [2.45, 2.75) is 32.7 Å². The standard InChI is InChI=1S/C28H30N2O3/c1-4-26(31)30-17-16-21-14-15-24(18-25(21)28(30)22-12-10-20(2)11-13-22)33-19-27(32)29(3)23-8-6-5-7-9-23/h5-15,18,28H,4,16-17,19H2,1-3H3. The Morgan fingerprint density at radius 3 is 2.45 bits per heavy atom. The lowest BCUT2D eigenvalue weighted by Gasteiger charge is -2.38. The quantitative estimate of drug-likeness (QED) is 0.544. The summed E-state index contributed by atoms with van der Waals surface area (Å²) in [4.78, 5) is 29.0. The minimum absolute atomic E-state index is 0.0585. The van der Waals surface area contributed by atoms with E-state index in [9.17, 15) is 9.59 Å². The predicted octanol–water partition coefficient (Wildman–Crippen LogP) is 4.92. The maximum Gasteiger partial charge on any atom is 0.264 e. The highest BCUT2D eigenvalue weighted by Gasteiger charge is 2.31. The molecule has 5 heteroatoms. The lowest BCUT2D eigenvalue weighted by molar-refractivity contribution is -0.133. The molecule has 3 aromatic rings. The average Bonchev–Trinajstić information content (AvgIpc) is 2.86. The maximum absolute atomic E-state index is 12.8. The van der Waals surface area contributed by atoms with Gasteiger partial charge in [0.05, 0.1) is 6.04 Å². The fourth-order valence-corrected chi connectivity index (χ4v) is 4.30. The molecule has 0 saturated heterocycles. The van der Waals surface area contributed by atoms with E-state index in [4.69, 9.17) is 4.74 Å². The van der Waals surface area contributed by atoms with Gasteiger partial charge in [-0.3, -0.25) is 9.59 Å². The Morgan fingerprint density at radius 1 is 1.03 bits per heavy atom. The SMILES string of the molecule is CCC(=O)N1CCc2ccc(OCC(=O)N(C)c3ccccc3)cc2C1c1ccc(C)cc1. The predicted molar refractivity (Wildman–Crippen MR) is 131 cm³/mol. The van der Waals surface area contributed by atoms with Gasteiger partial charge in [-0.1, -0.05) is 61.0 Å². The molecule has 0 saturated carbocycles. The monoisotopic (exact) mass is 442 g/mol. The summed E-state index contributed by atoms with van der Waals surface area (Å²) in [7, 11) is 1.75. The first kappa shape index (κ1) is 22.6. The van der Waals surface area contributed by atoms with Crippen LogP contribution in [-0.2, 0) is 16.0 Å². The van der Waals surface area contributed by atoms with Crippen LogP contribution in [0.15, 0.2) is 72.8 Å². The van der Waals surface area contributed by atoms with Crippen LogP contribution in [0.4, 0.5) is 5.69 Å². The second kappa shape index (κ2) is 9.90. The van der Waals surface area contributed by atoms with Crippen LogP contribution in [0.5, 0.6) is 5.75 Å². The Balaban J connectivity index is 1.58. The number of amides is 2. The van der Waals surface area contributed by atoms with E-state index in [2.05, 4.69) is 37.3 Å². The second-order valence-electron chi connectivity index (χ2n) is 8.44. The molecular formula is C28H30N2O3. The Kier molecular flexibility index (Phi) is 6.78. The third kappa shape index (κ3) is 4.92. The molecule has 0 N–H and O–H groups in total.